The van der Waals surface area contributed by atoms with Crippen molar-refractivity contribution in [1.29, 1.82) is 0 Å². The van der Waals surface area contributed by atoms with E-state index in [1.54, 1.807) is 29.2 Å². The molecule has 0 radical (unpaired) electrons. The lowest BCUT2D eigenvalue weighted by Gasteiger charge is -2.36. The number of carbonyl (C=O) groups excluding carboxylic acids is 2. The van der Waals surface area contributed by atoms with Crippen molar-refractivity contribution < 1.29 is 9.59 Å². The minimum atomic E-state index is -0.303. The van der Waals surface area contributed by atoms with Gasteiger partial charge in [-0.05, 0) is 30.9 Å². The van der Waals surface area contributed by atoms with E-state index in [2.05, 4.69) is 4.98 Å². The predicted molar refractivity (Wildman–Crippen MR) is 75.7 cm³/mol. The minimum Gasteiger partial charge on any atom is -0.340 e. The smallest absolute Gasteiger partial charge is 0.245 e. The highest BCUT2D eigenvalue weighted by molar-refractivity contribution is 5.87. The van der Waals surface area contributed by atoms with E-state index >= 15 is 0 Å². The Morgan fingerprint density at radius 2 is 2.25 bits per heavy atom. The number of amides is 2. The van der Waals surface area contributed by atoms with Gasteiger partial charge < -0.3 is 9.80 Å². The zero-order chi connectivity index (χ0) is 14.5. The number of carbonyl (C=O) groups is 2. The lowest BCUT2D eigenvalue weighted by molar-refractivity contribution is -0.146. The standard InChI is InChI=1S/C15H21N3O2/c1-12(19)18-9-4-3-7-14(18)15(20)17(2)11-13-6-5-8-16-10-13/h5-6,8,10,14H,3-4,7,9,11H2,1-2H3. The van der Waals surface area contributed by atoms with Crippen molar-refractivity contribution in [1.82, 2.24) is 14.8 Å². The zero-order valence-electron chi connectivity index (χ0n) is 12.1. The van der Waals surface area contributed by atoms with Crippen LogP contribution in [0, 0.1) is 0 Å². The van der Waals surface area contributed by atoms with Gasteiger partial charge in [0.15, 0.2) is 0 Å². The summed E-state index contributed by atoms with van der Waals surface area (Å²) in [5.41, 5.74) is 0.994. The zero-order valence-corrected chi connectivity index (χ0v) is 12.1. The molecule has 2 heterocycles. The van der Waals surface area contributed by atoms with E-state index in [0.717, 1.165) is 24.8 Å². The van der Waals surface area contributed by atoms with Crippen molar-refractivity contribution >= 4 is 11.8 Å². The highest BCUT2D eigenvalue weighted by Gasteiger charge is 2.32. The van der Waals surface area contributed by atoms with E-state index in [-0.39, 0.29) is 17.9 Å². The fourth-order valence-electron chi connectivity index (χ4n) is 2.66. The van der Waals surface area contributed by atoms with E-state index in [4.69, 9.17) is 0 Å². The molecule has 1 fully saturated rings. The molecule has 1 atom stereocenters. The van der Waals surface area contributed by atoms with E-state index < -0.39 is 0 Å². The lowest BCUT2D eigenvalue weighted by atomic mass is 10.0. The van der Waals surface area contributed by atoms with E-state index in [9.17, 15) is 9.59 Å². The van der Waals surface area contributed by atoms with Gasteiger partial charge in [-0.1, -0.05) is 6.07 Å². The summed E-state index contributed by atoms with van der Waals surface area (Å²) in [5, 5.41) is 0. The summed E-state index contributed by atoms with van der Waals surface area (Å²) in [6, 6.07) is 3.50. The van der Waals surface area contributed by atoms with Crippen LogP contribution in [0.5, 0.6) is 0 Å². The molecule has 2 rings (SSSR count). The Labute approximate surface area is 119 Å². The third-order valence-electron chi connectivity index (χ3n) is 3.71. The summed E-state index contributed by atoms with van der Waals surface area (Å²) in [6.07, 6.45) is 6.21. The number of piperidine rings is 1. The molecule has 0 aromatic carbocycles. The molecule has 5 heteroatoms. The first-order valence-electron chi connectivity index (χ1n) is 7.00. The van der Waals surface area contributed by atoms with Crippen LogP contribution in [0.3, 0.4) is 0 Å². The van der Waals surface area contributed by atoms with Crippen molar-refractivity contribution in [2.45, 2.75) is 38.8 Å². The lowest BCUT2D eigenvalue weighted by Crippen LogP contribution is -2.51. The summed E-state index contributed by atoms with van der Waals surface area (Å²) >= 11 is 0. The first kappa shape index (κ1) is 14.5. The van der Waals surface area contributed by atoms with Crippen LogP contribution in [0.2, 0.25) is 0 Å². The molecule has 1 saturated heterocycles. The normalized spacial score (nSPS) is 18.7. The monoisotopic (exact) mass is 275 g/mol. The Morgan fingerprint density at radius 1 is 1.45 bits per heavy atom. The number of hydrogen-bond acceptors (Lipinski definition) is 3. The molecule has 0 bridgehead atoms. The number of likely N-dealkylation sites (N-methyl/N-ethyl adjacent to an activating group) is 1. The third-order valence-corrected chi connectivity index (χ3v) is 3.71. The van der Waals surface area contributed by atoms with Gasteiger partial charge >= 0.3 is 0 Å². The molecule has 0 N–H and O–H groups in total. The number of hydrogen-bond donors (Lipinski definition) is 0. The fourth-order valence-corrected chi connectivity index (χ4v) is 2.66. The maximum absolute atomic E-state index is 12.5. The van der Waals surface area contributed by atoms with E-state index in [0.29, 0.717) is 13.1 Å². The van der Waals surface area contributed by atoms with Crippen molar-refractivity contribution in [3.8, 4) is 0 Å². The molecule has 1 aliphatic rings. The second kappa shape index (κ2) is 6.50. The van der Waals surface area contributed by atoms with Crippen molar-refractivity contribution in [3.63, 3.8) is 0 Å². The minimum absolute atomic E-state index is 0.0159. The summed E-state index contributed by atoms with van der Waals surface area (Å²) in [6.45, 7) is 2.74. The maximum atomic E-state index is 12.5. The van der Waals surface area contributed by atoms with Gasteiger partial charge in [0.05, 0.1) is 0 Å². The molecule has 1 aliphatic heterocycles. The average Bonchev–Trinajstić information content (AvgIpc) is 2.47. The quantitative estimate of drug-likeness (QED) is 0.839. The first-order chi connectivity index (χ1) is 9.59. The van der Waals surface area contributed by atoms with Crippen LogP contribution in [0.15, 0.2) is 24.5 Å². The summed E-state index contributed by atoms with van der Waals surface area (Å²) in [4.78, 5) is 31.6. The number of nitrogens with zero attached hydrogens (tertiary/aromatic N) is 3. The SMILES string of the molecule is CC(=O)N1CCCCC1C(=O)N(C)Cc1cccnc1. The second-order valence-corrected chi connectivity index (χ2v) is 5.28. The molecule has 0 saturated carbocycles. The van der Waals surface area contributed by atoms with Crippen LogP contribution < -0.4 is 0 Å². The highest BCUT2D eigenvalue weighted by Crippen LogP contribution is 2.19. The molecule has 0 spiro atoms. The molecular formula is C15H21N3O2. The van der Waals surface area contributed by atoms with Gasteiger partial charge in [0, 0.05) is 39.5 Å². The van der Waals surface area contributed by atoms with Crippen LogP contribution >= 0.6 is 0 Å². The Morgan fingerprint density at radius 3 is 2.90 bits per heavy atom. The molecule has 20 heavy (non-hydrogen) atoms. The number of aromatic nitrogens is 1. The van der Waals surface area contributed by atoms with E-state index in [1.165, 1.54) is 6.92 Å². The topological polar surface area (TPSA) is 53.5 Å². The molecule has 5 nitrogen and oxygen atoms in total. The number of rotatable bonds is 3. The van der Waals surface area contributed by atoms with Gasteiger partial charge in [-0.15, -0.1) is 0 Å². The van der Waals surface area contributed by atoms with Crippen LogP contribution in [0.1, 0.15) is 31.7 Å². The molecular weight excluding hydrogens is 254 g/mol. The Kier molecular flexibility index (Phi) is 4.71. The number of pyridine rings is 1. The predicted octanol–water partition coefficient (Wildman–Crippen LogP) is 1.44. The summed E-state index contributed by atoms with van der Waals surface area (Å²) in [5.74, 6) is 0.00146. The van der Waals surface area contributed by atoms with Crippen molar-refractivity contribution in [2.24, 2.45) is 0 Å². The molecule has 1 unspecified atom stereocenters. The van der Waals surface area contributed by atoms with Gasteiger partial charge in [-0.2, -0.15) is 0 Å². The van der Waals surface area contributed by atoms with Crippen molar-refractivity contribution in [2.75, 3.05) is 13.6 Å². The molecule has 0 aliphatic carbocycles. The van der Waals surface area contributed by atoms with E-state index in [1.807, 2.05) is 12.1 Å². The molecule has 1 aromatic rings. The third kappa shape index (κ3) is 3.35. The molecule has 2 amide bonds. The first-order valence-corrected chi connectivity index (χ1v) is 7.00. The maximum Gasteiger partial charge on any atom is 0.245 e. The molecule has 108 valence electrons. The van der Waals surface area contributed by atoms with Crippen molar-refractivity contribution in [3.05, 3.63) is 30.1 Å². The van der Waals surface area contributed by atoms with Crippen LogP contribution in [-0.2, 0) is 16.1 Å². The van der Waals surface area contributed by atoms with Gasteiger partial charge in [0.2, 0.25) is 11.8 Å². The van der Waals surface area contributed by atoms with Gasteiger partial charge in [0.1, 0.15) is 6.04 Å². The highest BCUT2D eigenvalue weighted by atomic mass is 16.2. The van der Waals surface area contributed by atoms with Gasteiger partial charge in [0.25, 0.3) is 0 Å². The Balaban J connectivity index is 2.03. The van der Waals surface area contributed by atoms with Crippen LogP contribution in [0.25, 0.3) is 0 Å². The summed E-state index contributed by atoms with van der Waals surface area (Å²) < 4.78 is 0. The van der Waals surface area contributed by atoms with Crippen LogP contribution in [-0.4, -0.2) is 46.2 Å². The Hall–Kier alpha value is -1.91. The number of likely N-dealkylation sites (tertiary alicyclic amines) is 1. The second-order valence-electron chi connectivity index (χ2n) is 5.28. The Bertz CT molecular complexity index is 475. The van der Waals surface area contributed by atoms with Gasteiger partial charge in [-0.3, -0.25) is 14.6 Å². The fraction of sp³-hybridized carbons (Fsp3) is 0.533. The largest absolute Gasteiger partial charge is 0.340 e. The summed E-state index contributed by atoms with van der Waals surface area (Å²) in [7, 11) is 1.78. The molecule has 1 aromatic heterocycles. The van der Waals surface area contributed by atoms with Gasteiger partial charge in [-0.25, -0.2) is 0 Å². The van der Waals surface area contributed by atoms with Crippen LogP contribution in [0.4, 0.5) is 0 Å². The average molecular weight is 275 g/mol.